The summed E-state index contributed by atoms with van der Waals surface area (Å²) in [7, 11) is 1.28. The van der Waals surface area contributed by atoms with Crippen LogP contribution in [0.25, 0.3) is 22.0 Å². The van der Waals surface area contributed by atoms with Crippen molar-refractivity contribution in [3.05, 3.63) is 150 Å². The van der Waals surface area contributed by atoms with E-state index in [0.717, 1.165) is 61.0 Å². The molecular weight excluding hydrogens is 1840 g/mol. The quantitative estimate of drug-likeness (QED) is 0.0402. The number of carbonyl (C=O) groups is 18. The van der Waals surface area contributed by atoms with E-state index < -0.39 is 251 Å². The minimum absolute atomic E-state index is 0.0491. The number of nitrogens with two attached hydrogens (primary N) is 2. The number of rotatable bonds is 24. The average Bonchev–Trinajstić information content (AvgIpc) is 1.72. The molecule has 2 saturated heterocycles. The number of likely N-dealkylation sites (N-methyl/N-ethyl adjacent to an activating group) is 1. The number of H-pyrrole nitrogens is 1. The molecule has 41 nitrogen and oxygen atoms in total. The van der Waals surface area contributed by atoms with E-state index >= 15 is 38.4 Å². The van der Waals surface area contributed by atoms with E-state index in [4.69, 9.17) is 15.9 Å². The van der Waals surface area contributed by atoms with Gasteiger partial charge in [0.2, 0.25) is 100 Å². The van der Waals surface area contributed by atoms with Gasteiger partial charge in [0, 0.05) is 62.1 Å². The highest BCUT2D eigenvalue weighted by Gasteiger charge is 2.46. The van der Waals surface area contributed by atoms with Crippen molar-refractivity contribution in [1.29, 1.82) is 0 Å². The van der Waals surface area contributed by atoms with Crippen LogP contribution >= 0.6 is 11.8 Å². The monoisotopic (exact) mass is 1970 g/mol. The molecule has 42 heteroatoms. The fraction of sp³-hybridized carbons (Fsp3) is 0.515. The van der Waals surface area contributed by atoms with Crippen LogP contribution in [0.3, 0.4) is 0 Å². The normalized spacial score (nSPS) is 25.1. The molecule has 0 spiro atoms. The van der Waals surface area contributed by atoms with Crippen molar-refractivity contribution in [2.24, 2.45) is 35.1 Å². The topological polar surface area (TPSA) is 632 Å². The lowest BCUT2D eigenvalue weighted by atomic mass is 9.84. The fourth-order valence-corrected chi connectivity index (χ4v) is 18.0. The summed E-state index contributed by atoms with van der Waals surface area (Å²) in [5.41, 5.74) is 13.0. The van der Waals surface area contributed by atoms with E-state index in [1.165, 1.54) is 56.8 Å². The van der Waals surface area contributed by atoms with Gasteiger partial charge in [0.25, 0.3) is 0 Å². The van der Waals surface area contributed by atoms with Crippen molar-refractivity contribution in [1.82, 2.24) is 83.9 Å². The number of furan rings is 1. The van der Waals surface area contributed by atoms with Crippen LogP contribution in [0.5, 0.6) is 5.75 Å². The van der Waals surface area contributed by atoms with E-state index in [1.54, 1.807) is 96.3 Å². The summed E-state index contributed by atoms with van der Waals surface area (Å²) in [5, 5.41) is 78.5. The van der Waals surface area contributed by atoms with Crippen LogP contribution < -0.4 is 80.6 Å². The van der Waals surface area contributed by atoms with E-state index in [-0.39, 0.29) is 81.1 Å². The Kier molecular flexibility index (Phi) is 40.8. The molecule has 3 aliphatic rings. The number of phenolic OH excluding ortho intramolecular Hbond substituents is 1. The molecule has 2 aliphatic heterocycles. The molecular formula is C99H134N18O23S. The molecule has 6 aromatic rings. The van der Waals surface area contributed by atoms with Gasteiger partial charge in [-0.3, -0.25) is 86.3 Å². The Bertz CT molecular complexity index is 5400. The number of carbonyl (C=O) groups excluding carboxylic acids is 17. The van der Waals surface area contributed by atoms with Crippen LogP contribution in [0.2, 0.25) is 0 Å². The highest BCUT2D eigenvalue weighted by Crippen LogP contribution is 2.30. The fourth-order valence-electron chi connectivity index (χ4n) is 17.2. The molecule has 1 saturated carbocycles. The average molecular weight is 1980 g/mol. The second kappa shape index (κ2) is 51.9. The highest BCUT2D eigenvalue weighted by molar-refractivity contribution is 8.00. The number of amides is 17. The number of carboxylic acids is 1. The molecule has 141 heavy (non-hydrogen) atoms. The van der Waals surface area contributed by atoms with Crippen LogP contribution in [0.1, 0.15) is 169 Å². The number of aliphatic carboxylic acids is 1. The summed E-state index contributed by atoms with van der Waals surface area (Å²) >= 11 is 0.708. The van der Waals surface area contributed by atoms with Crippen molar-refractivity contribution < 1.29 is 111 Å². The molecule has 0 radical (unpaired) electrons. The van der Waals surface area contributed by atoms with Crippen molar-refractivity contribution in [2.45, 2.75) is 274 Å². The van der Waals surface area contributed by atoms with Crippen LogP contribution in [0.4, 0.5) is 0 Å². The first kappa shape index (κ1) is 111. The number of primary amides is 2. The maximum absolute atomic E-state index is 15.5. The van der Waals surface area contributed by atoms with Crippen LogP contribution in [0.15, 0.2) is 132 Å². The van der Waals surface area contributed by atoms with Gasteiger partial charge in [-0.2, -0.15) is 0 Å². The molecule has 9 rings (SSSR count). The zero-order chi connectivity index (χ0) is 103. The zero-order valence-corrected chi connectivity index (χ0v) is 81.9. The Hall–Kier alpha value is -13.8. The Morgan fingerprint density at radius 1 is 0.525 bits per heavy atom. The summed E-state index contributed by atoms with van der Waals surface area (Å²) in [6, 6.07) is 4.83. The number of aromatic nitrogens is 1. The van der Waals surface area contributed by atoms with Crippen molar-refractivity contribution in [3.8, 4) is 16.9 Å². The van der Waals surface area contributed by atoms with Crippen molar-refractivity contribution in [3.63, 3.8) is 0 Å². The number of hydrogen-bond donors (Lipinski definition) is 20. The minimum Gasteiger partial charge on any atom is -0.508 e. The molecule has 1 aliphatic carbocycles. The number of nitrogens with zero attached hydrogens (tertiary/aromatic N) is 2. The van der Waals surface area contributed by atoms with Gasteiger partial charge in [0.15, 0.2) is 0 Å². The molecule has 2 aromatic heterocycles. The maximum Gasteiger partial charge on any atom is 0.305 e. The molecule has 17 amide bonds. The lowest BCUT2D eigenvalue weighted by Crippen LogP contribution is -2.65. The van der Waals surface area contributed by atoms with E-state index in [2.05, 4.69) is 74.1 Å². The van der Waals surface area contributed by atoms with Gasteiger partial charge in [0.05, 0.1) is 42.8 Å². The SMILES string of the molecule is CCC(C)[C@@H]1NC(=O)[C@H](Cc2ccc(-c3ccccc3)cc2)NC(=O)[C@H](C(C)C)NC(=O)[C@H](Cc2c[nH]c3ccccc23)NC(=O)[C@H](CC(=O)O)NC(=O)[C@H](Cc2ccc(O)cc2)NC(=O)[C@H](Cc2ccoc2)NC(=O)CSC[C@@H](C(=O)N2CCC[C@H]2C(N)=O)NC(=O)[C@H](C(C)O)NC(=O)[C@H](C(C)(C)O)NC(=O)[C@H](CC2CCCCC2)NC(=O)[C@H](CC(N)=O)NC(=O)[C@@H](CC(C)C)NC(=O)[C@H](C)N(C)C1=O. The second-order valence-electron chi connectivity index (χ2n) is 37.9. The number of hydrogen-bond acceptors (Lipinski definition) is 23. The number of aromatic hydroxyl groups is 1. The summed E-state index contributed by atoms with van der Waals surface area (Å²) in [4.78, 5) is 270. The number of aliphatic hydroxyl groups excluding tert-OH is 1. The zero-order valence-electron chi connectivity index (χ0n) is 81.1. The van der Waals surface area contributed by atoms with Gasteiger partial charge < -0.3 is 120 Å². The number of para-hydroxylation sites is 1. The lowest BCUT2D eigenvalue weighted by Gasteiger charge is -2.34. The second-order valence-corrected chi connectivity index (χ2v) is 39.0. The van der Waals surface area contributed by atoms with Crippen molar-refractivity contribution >= 4 is 129 Å². The number of carboxylic acid groups (broad SMARTS) is 1. The first-order valence-electron chi connectivity index (χ1n) is 47.5. The number of aliphatic hydroxyl groups is 2. The lowest BCUT2D eigenvalue weighted by molar-refractivity contribution is -0.143. The third-order valence-electron chi connectivity index (χ3n) is 25.5. The first-order valence-corrected chi connectivity index (χ1v) is 48.7. The van der Waals surface area contributed by atoms with Gasteiger partial charge in [0.1, 0.15) is 96.4 Å². The molecule has 764 valence electrons. The predicted octanol–water partition coefficient (Wildman–Crippen LogP) is 0.997. The molecule has 4 aromatic carbocycles. The van der Waals surface area contributed by atoms with Crippen LogP contribution in [-0.4, -0.2) is 269 Å². The first-order chi connectivity index (χ1) is 66.8. The van der Waals surface area contributed by atoms with Crippen LogP contribution in [-0.2, 0) is 112 Å². The number of likely N-dealkylation sites (tertiary alicyclic amines) is 1. The highest BCUT2D eigenvalue weighted by atomic mass is 32.2. The van der Waals surface area contributed by atoms with Crippen LogP contribution in [0, 0.1) is 23.7 Å². The molecule has 0 bridgehead atoms. The summed E-state index contributed by atoms with van der Waals surface area (Å²) in [5.74, 6) is -23.0. The van der Waals surface area contributed by atoms with Gasteiger partial charge in [-0.15, -0.1) is 11.8 Å². The molecule has 4 heterocycles. The van der Waals surface area contributed by atoms with Crippen molar-refractivity contribution in [2.75, 3.05) is 25.1 Å². The maximum atomic E-state index is 15.5. The third-order valence-corrected chi connectivity index (χ3v) is 26.5. The van der Waals surface area contributed by atoms with E-state index in [0.29, 0.717) is 52.2 Å². The Labute approximate surface area is 821 Å². The standard InChI is InChI=1S/C99H134N18O23S/c1-12-54(6)81-98(138)116(11)55(7)85(125)104-67(40-52(2)3)86(126)108-73(46-77(100)120)89(129)106-71(41-57-22-15-13-16-23-57)93(133)115-83(99(9,10)139)96(136)114-82(56(8)118)95(135)111-75(97(137)117-38-21-28-76(117)84(101)124)50-141-51-78(121)103-68(44-60-37-39-140-49-60)87(127)105-69(43-59-31-35-64(119)36-32-59)88(128)109-74(47-79(122)123)90(130)107-72(45-63-48-102-66-27-20-19-26-65(63)66)92(132)112-80(53(4)5)94(134)110-70(91(131)113-81)42-58-29-33-62(34-30-58)61-24-17-14-18-25-61/h14,17-20,24-27,29-37,39,48-49,52-57,67-76,80-83,102,118-119,139H,12-13,15-16,21-23,28,38,40-47,50-51H2,1-11H3,(H2,100,120)(H2,101,124)(H,103,121)(H,104,125)(H,105,127)(H,106,129)(H,107,130)(H,108,126)(H,109,128)(H,110,134)(H,111,135)(H,112,132)(H,113,131)(H,114,136)(H,115,133)(H,122,123)/t54?,55-,56?,67+,68-,69-,70-,71-,72-,73-,74-,75-,76-,80-,81-,82-,83+/m0/s1. The predicted molar refractivity (Wildman–Crippen MR) is 519 cm³/mol. The molecule has 3 fully saturated rings. The Morgan fingerprint density at radius 3 is 1.60 bits per heavy atom. The molecule has 22 N–H and O–H groups in total. The van der Waals surface area contributed by atoms with Gasteiger partial charge in [-0.25, -0.2) is 0 Å². The summed E-state index contributed by atoms with van der Waals surface area (Å²) in [6.45, 7) is 14.6. The number of nitrogens with one attached hydrogen (secondary N) is 14. The van der Waals surface area contributed by atoms with Gasteiger partial charge in [-0.05, 0) is 135 Å². The number of aromatic amines is 1. The number of benzene rings is 4. The number of thioether (sulfide) groups is 1. The third kappa shape index (κ3) is 32.4. The molecule has 17 atom stereocenters. The Morgan fingerprint density at radius 2 is 1.03 bits per heavy atom. The number of phenols is 1. The summed E-state index contributed by atoms with van der Waals surface area (Å²) < 4.78 is 5.32. The smallest absolute Gasteiger partial charge is 0.305 e. The Balaban J connectivity index is 1.11. The molecule has 2 unspecified atom stereocenters. The van der Waals surface area contributed by atoms with E-state index in [1.807, 2.05) is 30.3 Å². The largest absolute Gasteiger partial charge is 0.508 e. The number of fused-ring (bicyclic) bond motifs is 1. The van der Waals surface area contributed by atoms with Gasteiger partial charge >= 0.3 is 5.97 Å². The van der Waals surface area contributed by atoms with Gasteiger partial charge in [-0.1, -0.05) is 165 Å². The minimum atomic E-state index is -2.26. The van der Waals surface area contributed by atoms with E-state index in [9.17, 15) is 68.4 Å². The summed E-state index contributed by atoms with van der Waals surface area (Å²) in [6.07, 6.45) is 2.58.